The Morgan fingerprint density at radius 2 is 2.20 bits per heavy atom. The SMILES string of the molecule is C[C@H](CNC(=O)NCCc1nnc2n1CCCCC2)Cn1cccn1. The predicted octanol–water partition coefficient (Wildman–Crippen LogP) is 1.38. The molecular formula is C17H27N7O. The van der Waals surface area contributed by atoms with Crippen molar-refractivity contribution in [2.45, 2.75) is 52.1 Å². The van der Waals surface area contributed by atoms with Crippen LogP contribution >= 0.6 is 0 Å². The first kappa shape index (κ1) is 17.4. The molecule has 0 saturated carbocycles. The zero-order valence-corrected chi connectivity index (χ0v) is 14.8. The van der Waals surface area contributed by atoms with Gasteiger partial charge in [0.2, 0.25) is 0 Å². The van der Waals surface area contributed by atoms with Gasteiger partial charge in [0.05, 0.1) is 0 Å². The van der Waals surface area contributed by atoms with Crippen molar-refractivity contribution in [2.75, 3.05) is 13.1 Å². The Hall–Kier alpha value is -2.38. The topological polar surface area (TPSA) is 89.7 Å². The number of urea groups is 1. The Kier molecular flexibility index (Phi) is 6.03. The summed E-state index contributed by atoms with van der Waals surface area (Å²) in [4.78, 5) is 11.9. The van der Waals surface area contributed by atoms with E-state index < -0.39 is 0 Å². The maximum Gasteiger partial charge on any atom is 0.314 e. The zero-order valence-electron chi connectivity index (χ0n) is 14.8. The Morgan fingerprint density at radius 1 is 1.28 bits per heavy atom. The van der Waals surface area contributed by atoms with Crippen LogP contribution in [0.3, 0.4) is 0 Å². The van der Waals surface area contributed by atoms with Crippen LogP contribution in [0, 0.1) is 5.92 Å². The molecule has 136 valence electrons. The van der Waals surface area contributed by atoms with Gasteiger partial charge in [-0.2, -0.15) is 5.10 Å². The molecule has 25 heavy (non-hydrogen) atoms. The summed E-state index contributed by atoms with van der Waals surface area (Å²) in [5.41, 5.74) is 0. The van der Waals surface area contributed by atoms with Gasteiger partial charge in [-0.25, -0.2) is 4.79 Å². The molecule has 0 spiro atoms. The van der Waals surface area contributed by atoms with E-state index in [0.29, 0.717) is 25.4 Å². The van der Waals surface area contributed by atoms with Crippen LogP contribution in [0.1, 0.15) is 37.8 Å². The molecule has 2 aromatic rings. The average molecular weight is 345 g/mol. The van der Waals surface area contributed by atoms with E-state index >= 15 is 0 Å². The number of hydrogen-bond donors (Lipinski definition) is 2. The van der Waals surface area contributed by atoms with E-state index in [9.17, 15) is 4.79 Å². The van der Waals surface area contributed by atoms with Crippen LogP contribution in [0.15, 0.2) is 18.5 Å². The first-order valence-electron chi connectivity index (χ1n) is 9.12. The van der Waals surface area contributed by atoms with E-state index in [0.717, 1.165) is 31.2 Å². The maximum absolute atomic E-state index is 11.9. The van der Waals surface area contributed by atoms with Crippen LogP contribution in [-0.2, 0) is 25.9 Å². The minimum Gasteiger partial charge on any atom is -0.338 e. The van der Waals surface area contributed by atoms with Gasteiger partial charge in [-0.3, -0.25) is 4.68 Å². The number of aromatic nitrogens is 5. The molecule has 2 aromatic heterocycles. The average Bonchev–Trinajstić information content (AvgIpc) is 3.18. The molecule has 0 bridgehead atoms. The van der Waals surface area contributed by atoms with Crippen LogP contribution in [0.5, 0.6) is 0 Å². The van der Waals surface area contributed by atoms with Crippen molar-refractivity contribution < 1.29 is 4.79 Å². The molecule has 2 amide bonds. The molecule has 0 aromatic carbocycles. The second-order valence-electron chi connectivity index (χ2n) is 6.71. The van der Waals surface area contributed by atoms with Crippen molar-refractivity contribution in [1.82, 2.24) is 35.2 Å². The molecule has 0 fully saturated rings. The standard InChI is InChI=1S/C17H27N7O/c1-14(13-23-10-5-8-20-23)12-19-17(25)18-9-7-16-22-21-15-6-3-2-4-11-24(15)16/h5,8,10,14H,2-4,6-7,9,11-13H2,1H3,(H2,18,19,25)/t14-/m1/s1. The molecule has 8 heteroatoms. The van der Waals surface area contributed by atoms with E-state index in [1.807, 2.05) is 16.9 Å². The van der Waals surface area contributed by atoms with Gasteiger partial charge in [0.15, 0.2) is 0 Å². The fourth-order valence-corrected chi connectivity index (χ4v) is 3.14. The van der Waals surface area contributed by atoms with Crippen molar-refractivity contribution in [1.29, 1.82) is 0 Å². The summed E-state index contributed by atoms with van der Waals surface area (Å²) in [7, 11) is 0. The lowest BCUT2D eigenvalue weighted by molar-refractivity contribution is 0.238. The van der Waals surface area contributed by atoms with E-state index in [1.54, 1.807) is 6.20 Å². The minimum absolute atomic E-state index is 0.136. The van der Waals surface area contributed by atoms with Crippen molar-refractivity contribution >= 4 is 6.03 Å². The summed E-state index contributed by atoms with van der Waals surface area (Å²) in [6, 6.07) is 1.76. The summed E-state index contributed by atoms with van der Waals surface area (Å²) < 4.78 is 4.10. The smallest absolute Gasteiger partial charge is 0.314 e. The summed E-state index contributed by atoms with van der Waals surface area (Å²) in [6.07, 6.45) is 9.03. The van der Waals surface area contributed by atoms with Gasteiger partial charge in [-0.05, 0) is 24.8 Å². The maximum atomic E-state index is 11.9. The summed E-state index contributed by atoms with van der Waals surface area (Å²) in [5, 5.41) is 18.6. The van der Waals surface area contributed by atoms with Gasteiger partial charge in [0, 0.05) is 51.4 Å². The van der Waals surface area contributed by atoms with Crippen molar-refractivity contribution in [3.8, 4) is 0 Å². The molecule has 3 rings (SSSR count). The van der Waals surface area contributed by atoms with Gasteiger partial charge in [0.1, 0.15) is 11.6 Å². The zero-order chi connectivity index (χ0) is 17.5. The second kappa shape index (κ2) is 8.64. The van der Waals surface area contributed by atoms with E-state index in [-0.39, 0.29) is 6.03 Å². The molecule has 1 aliphatic rings. The van der Waals surface area contributed by atoms with Crippen molar-refractivity contribution in [3.05, 3.63) is 30.1 Å². The number of rotatable bonds is 7. The quantitative estimate of drug-likeness (QED) is 0.793. The Balaban J connectivity index is 1.36. The van der Waals surface area contributed by atoms with Crippen molar-refractivity contribution in [3.63, 3.8) is 0 Å². The van der Waals surface area contributed by atoms with E-state index in [4.69, 9.17) is 0 Å². The number of amides is 2. The number of carbonyl (C=O) groups is 1. The summed E-state index contributed by atoms with van der Waals surface area (Å²) in [5.74, 6) is 2.38. The largest absolute Gasteiger partial charge is 0.338 e. The number of nitrogens with zero attached hydrogens (tertiary/aromatic N) is 5. The first-order chi connectivity index (χ1) is 12.2. The van der Waals surface area contributed by atoms with Crippen LogP contribution in [0.2, 0.25) is 0 Å². The van der Waals surface area contributed by atoms with Crippen molar-refractivity contribution in [2.24, 2.45) is 5.92 Å². The monoisotopic (exact) mass is 345 g/mol. The summed E-state index contributed by atoms with van der Waals surface area (Å²) in [6.45, 7) is 5.06. The molecule has 3 heterocycles. The van der Waals surface area contributed by atoms with Crippen LogP contribution < -0.4 is 10.6 Å². The van der Waals surface area contributed by atoms with Crippen LogP contribution in [-0.4, -0.2) is 43.7 Å². The molecule has 1 aliphatic heterocycles. The number of fused-ring (bicyclic) bond motifs is 1. The third-order valence-corrected chi connectivity index (χ3v) is 4.49. The minimum atomic E-state index is -0.136. The molecule has 1 atom stereocenters. The highest BCUT2D eigenvalue weighted by Crippen LogP contribution is 2.14. The van der Waals surface area contributed by atoms with Gasteiger partial charge >= 0.3 is 6.03 Å². The fraction of sp³-hybridized carbons (Fsp3) is 0.647. The molecule has 0 unspecified atom stereocenters. The lowest BCUT2D eigenvalue weighted by Gasteiger charge is -2.13. The van der Waals surface area contributed by atoms with Gasteiger partial charge in [-0.15, -0.1) is 10.2 Å². The second-order valence-corrected chi connectivity index (χ2v) is 6.71. The Labute approximate surface area is 148 Å². The molecule has 0 saturated heterocycles. The lowest BCUT2D eigenvalue weighted by Crippen LogP contribution is -2.39. The molecule has 8 nitrogen and oxygen atoms in total. The normalized spacial score (nSPS) is 15.2. The molecular weight excluding hydrogens is 318 g/mol. The van der Waals surface area contributed by atoms with Gasteiger partial charge < -0.3 is 15.2 Å². The van der Waals surface area contributed by atoms with Crippen LogP contribution in [0.25, 0.3) is 0 Å². The highest BCUT2D eigenvalue weighted by Gasteiger charge is 2.14. The Morgan fingerprint density at radius 3 is 3.04 bits per heavy atom. The van der Waals surface area contributed by atoms with Gasteiger partial charge in [0.25, 0.3) is 0 Å². The molecule has 0 aliphatic carbocycles. The van der Waals surface area contributed by atoms with E-state index in [1.165, 1.54) is 19.3 Å². The summed E-state index contributed by atoms with van der Waals surface area (Å²) >= 11 is 0. The number of aryl methyl sites for hydroxylation is 1. The van der Waals surface area contributed by atoms with E-state index in [2.05, 4.69) is 37.4 Å². The lowest BCUT2D eigenvalue weighted by atomic mass is 10.2. The number of hydrogen-bond acceptors (Lipinski definition) is 4. The highest BCUT2D eigenvalue weighted by atomic mass is 16.2. The fourth-order valence-electron chi connectivity index (χ4n) is 3.14. The molecule has 0 radical (unpaired) electrons. The predicted molar refractivity (Wildman–Crippen MR) is 94.1 cm³/mol. The first-order valence-corrected chi connectivity index (χ1v) is 9.12. The number of nitrogens with one attached hydrogen (secondary N) is 2. The van der Waals surface area contributed by atoms with Crippen LogP contribution in [0.4, 0.5) is 4.79 Å². The molecule has 2 N–H and O–H groups in total. The third kappa shape index (κ3) is 5.04. The highest BCUT2D eigenvalue weighted by molar-refractivity contribution is 5.73. The Bertz CT molecular complexity index is 665. The number of carbonyl (C=O) groups excluding carboxylic acids is 1. The third-order valence-electron chi connectivity index (χ3n) is 4.49. The van der Waals surface area contributed by atoms with Gasteiger partial charge in [-0.1, -0.05) is 13.3 Å².